The average Bonchev–Trinajstić information content (AvgIpc) is 2.69. The van der Waals surface area contributed by atoms with Crippen molar-refractivity contribution in [3.05, 3.63) is 16.2 Å². The maximum Gasteiger partial charge on any atom is 0.278 e. The molecule has 2 heterocycles. The Morgan fingerprint density at radius 1 is 1.41 bits per heavy atom. The first-order chi connectivity index (χ1) is 8.11. The molecule has 0 fully saturated rings. The van der Waals surface area contributed by atoms with Crippen molar-refractivity contribution in [1.82, 2.24) is 25.3 Å². The second-order valence-electron chi connectivity index (χ2n) is 3.98. The summed E-state index contributed by atoms with van der Waals surface area (Å²) in [7, 11) is 0. The molecule has 0 aliphatic heterocycles. The van der Waals surface area contributed by atoms with E-state index in [1.165, 1.54) is 0 Å². The zero-order valence-corrected chi connectivity index (χ0v) is 9.87. The highest BCUT2D eigenvalue weighted by atomic mass is 16.1. The Morgan fingerprint density at radius 3 is 2.88 bits per heavy atom. The molecule has 0 saturated heterocycles. The van der Waals surface area contributed by atoms with Gasteiger partial charge in [-0.15, -0.1) is 0 Å². The SMILES string of the molecule is CCNCC(C)c1nc2nc(N)[nH]c(=O)c2[nH]1. The van der Waals surface area contributed by atoms with Gasteiger partial charge in [0.15, 0.2) is 11.2 Å². The van der Waals surface area contributed by atoms with E-state index >= 15 is 0 Å². The maximum absolute atomic E-state index is 11.6. The van der Waals surface area contributed by atoms with Gasteiger partial charge in [-0.2, -0.15) is 4.98 Å². The molecule has 0 saturated carbocycles. The third-order valence-electron chi connectivity index (χ3n) is 2.57. The molecule has 92 valence electrons. The van der Waals surface area contributed by atoms with Gasteiger partial charge in [-0.25, -0.2) is 4.98 Å². The second kappa shape index (κ2) is 4.54. The minimum Gasteiger partial charge on any atom is -0.369 e. The van der Waals surface area contributed by atoms with E-state index in [0.717, 1.165) is 18.9 Å². The number of hydrogen-bond acceptors (Lipinski definition) is 5. The van der Waals surface area contributed by atoms with Gasteiger partial charge in [-0.3, -0.25) is 9.78 Å². The number of likely N-dealkylation sites (N-methyl/N-ethyl adjacent to an activating group) is 1. The molecule has 0 amide bonds. The molecule has 7 heteroatoms. The minimum atomic E-state index is -0.290. The maximum atomic E-state index is 11.6. The lowest BCUT2D eigenvalue weighted by atomic mass is 10.2. The molecule has 1 unspecified atom stereocenters. The number of nitrogens with two attached hydrogens (primary N) is 1. The van der Waals surface area contributed by atoms with Crippen LogP contribution < -0.4 is 16.6 Å². The highest BCUT2D eigenvalue weighted by Gasteiger charge is 2.13. The number of anilines is 1. The van der Waals surface area contributed by atoms with Gasteiger partial charge in [-0.1, -0.05) is 13.8 Å². The van der Waals surface area contributed by atoms with Crippen LogP contribution in [0, 0.1) is 0 Å². The summed E-state index contributed by atoms with van der Waals surface area (Å²) in [6.07, 6.45) is 0. The van der Waals surface area contributed by atoms with Gasteiger partial charge in [0.2, 0.25) is 5.95 Å². The Labute approximate surface area is 97.9 Å². The third kappa shape index (κ3) is 2.28. The Kier molecular flexibility index (Phi) is 3.10. The summed E-state index contributed by atoms with van der Waals surface area (Å²) < 4.78 is 0. The van der Waals surface area contributed by atoms with Crippen molar-refractivity contribution in [2.75, 3.05) is 18.8 Å². The van der Waals surface area contributed by atoms with Gasteiger partial charge in [0, 0.05) is 12.5 Å². The van der Waals surface area contributed by atoms with Crippen molar-refractivity contribution in [3.8, 4) is 0 Å². The molecule has 0 radical (unpaired) electrons. The van der Waals surface area contributed by atoms with Crippen LogP contribution in [-0.4, -0.2) is 33.0 Å². The van der Waals surface area contributed by atoms with Crippen molar-refractivity contribution in [3.63, 3.8) is 0 Å². The normalized spacial score (nSPS) is 13.1. The van der Waals surface area contributed by atoms with Gasteiger partial charge < -0.3 is 16.0 Å². The van der Waals surface area contributed by atoms with Crippen molar-refractivity contribution in [2.45, 2.75) is 19.8 Å². The van der Waals surface area contributed by atoms with E-state index < -0.39 is 0 Å². The van der Waals surface area contributed by atoms with Gasteiger partial charge in [0.05, 0.1) is 0 Å². The number of aromatic nitrogens is 4. The number of aromatic amines is 2. The first kappa shape index (κ1) is 11.6. The highest BCUT2D eigenvalue weighted by molar-refractivity contribution is 5.70. The lowest BCUT2D eigenvalue weighted by molar-refractivity contribution is 0.614. The summed E-state index contributed by atoms with van der Waals surface area (Å²) in [6.45, 7) is 5.76. The molecule has 2 aromatic rings. The molecular weight excluding hydrogens is 220 g/mol. The zero-order valence-electron chi connectivity index (χ0n) is 9.87. The summed E-state index contributed by atoms with van der Waals surface area (Å²) in [6, 6.07) is 0. The van der Waals surface area contributed by atoms with Crippen molar-refractivity contribution >= 4 is 17.1 Å². The van der Waals surface area contributed by atoms with Crippen LogP contribution in [0.2, 0.25) is 0 Å². The molecule has 1 atom stereocenters. The summed E-state index contributed by atoms with van der Waals surface area (Å²) in [5, 5.41) is 3.23. The van der Waals surface area contributed by atoms with E-state index in [1.54, 1.807) is 0 Å². The Balaban J connectivity index is 2.37. The zero-order chi connectivity index (χ0) is 12.4. The first-order valence-corrected chi connectivity index (χ1v) is 5.58. The lowest BCUT2D eigenvalue weighted by Crippen LogP contribution is -2.20. The predicted molar refractivity (Wildman–Crippen MR) is 65.9 cm³/mol. The summed E-state index contributed by atoms with van der Waals surface area (Å²) in [4.78, 5) is 25.3. The van der Waals surface area contributed by atoms with Crippen molar-refractivity contribution in [2.24, 2.45) is 0 Å². The van der Waals surface area contributed by atoms with Gasteiger partial charge in [0.25, 0.3) is 5.56 Å². The molecule has 0 aliphatic carbocycles. The molecular formula is C10H16N6O. The van der Waals surface area contributed by atoms with E-state index in [4.69, 9.17) is 5.73 Å². The number of hydrogen-bond donors (Lipinski definition) is 4. The van der Waals surface area contributed by atoms with Crippen LogP contribution >= 0.6 is 0 Å². The Bertz CT molecular complexity index is 572. The summed E-state index contributed by atoms with van der Waals surface area (Å²) in [5.74, 6) is 1.01. The van der Waals surface area contributed by atoms with E-state index in [9.17, 15) is 4.79 Å². The van der Waals surface area contributed by atoms with Crippen LogP contribution in [0.5, 0.6) is 0 Å². The average molecular weight is 236 g/mol. The van der Waals surface area contributed by atoms with Crippen molar-refractivity contribution < 1.29 is 0 Å². The number of nitrogens with zero attached hydrogens (tertiary/aromatic N) is 2. The fraction of sp³-hybridized carbons (Fsp3) is 0.500. The minimum absolute atomic E-state index is 0.0832. The molecule has 0 aliphatic rings. The fourth-order valence-electron chi connectivity index (χ4n) is 1.63. The lowest BCUT2D eigenvalue weighted by Gasteiger charge is -2.07. The smallest absolute Gasteiger partial charge is 0.278 e. The van der Waals surface area contributed by atoms with Gasteiger partial charge in [0.1, 0.15) is 5.82 Å². The molecule has 0 spiro atoms. The van der Waals surface area contributed by atoms with E-state index in [1.807, 2.05) is 13.8 Å². The van der Waals surface area contributed by atoms with E-state index in [2.05, 4.69) is 25.3 Å². The largest absolute Gasteiger partial charge is 0.369 e. The highest BCUT2D eigenvalue weighted by Crippen LogP contribution is 2.13. The topological polar surface area (TPSA) is 112 Å². The summed E-state index contributed by atoms with van der Waals surface area (Å²) in [5.41, 5.74) is 5.91. The predicted octanol–water partition coefficient (Wildman–Crippen LogP) is -0.0586. The second-order valence-corrected chi connectivity index (χ2v) is 3.98. The molecule has 7 nitrogen and oxygen atoms in total. The number of rotatable bonds is 4. The third-order valence-corrected chi connectivity index (χ3v) is 2.57. The van der Waals surface area contributed by atoms with Crippen LogP contribution in [0.1, 0.15) is 25.6 Å². The molecule has 0 aromatic carbocycles. The monoisotopic (exact) mass is 236 g/mol. The molecule has 2 rings (SSSR count). The molecule has 2 aromatic heterocycles. The standard InChI is InChI=1S/C10H16N6O/c1-3-12-4-5(2)7-13-6-8(14-7)15-10(11)16-9(6)17/h5,12H,3-4H2,1-2H3,(H4,11,13,14,15,16,17). The van der Waals surface area contributed by atoms with Crippen molar-refractivity contribution in [1.29, 1.82) is 0 Å². The molecule has 5 N–H and O–H groups in total. The number of nitrogens with one attached hydrogen (secondary N) is 3. The number of H-pyrrole nitrogens is 2. The van der Waals surface area contributed by atoms with Gasteiger partial charge >= 0.3 is 0 Å². The molecule has 17 heavy (non-hydrogen) atoms. The van der Waals surface area contributed by atoms with Gasteiger partial charge in [-0.05, 0) is 6.54 Å². The molecule has 0 bridgehead atoms. The Hall–Kier alpha value is -1.89. The fourth-order valence-corrected chi connectivity index (χ4v) is 1.63. The Morgan fingerprint density at radius 2 is 2.18 bits per heavy atom. The van der Waals surface area contributed by atoms with Crippen LogP contribution in [0.15, 0.2) is 4.79 Å². The first-order valence-electron chi connectivity index (χ1n) is 5.58. The number of fused-ring (bicyclic) bond motifs is 1. The van der Waals surface area contributed by atoms with Crippen LogP contribution in [0.3, 0.4) is 0 Å². The van der Waals surface area contributed by atoms with E-state index in [-0.39, 0.29) is 17.4 Å². The van der Waals surface area contributed by atoms with Crippen LogP contribution in [0.25, 0.3) is 11.2 Å². The number of imidazole rings is 1. The number of nitrogen functional groups attached to an aromatic ring is 1. The van der Waals surface area contributed by atoms with E-state index in [0.29, 0.717) is 11.2 Å². The van der Waals surface area contributed by atoms with Crippen LogP contribution in [0.4, 0.5) is 5.95 Å². The quantitative estimate of drug-likeness (QED) is 0.594. The summed E-state index contributed by atoms with van der Waals surface area (Å²) >= 11 is 0. The van der Waals surface area contributed by atoms with Crippen LogP contribution in [-0.2, 0) is 0 Å².